The van der Waals surface area contributed by atoms with Gasteiger partial charge in [-0.3, -0.25) is 0 Å². The lowest BCUT2D eigenvalue weighted by molar-refractivity contribution is 0.426. The van der Waals surface area contributed by atoms with Crippen molar-refractivity contribution in [3.05, 3.63) is 30.0 Å². The first-order valence-electron chi connectivity index (χ1n) is 5.09. The monoisotopic (exact) mass is 203 g/mol. The van der Waals surface area contributed by atoms with E-state index in [1.165, 1.54) is 5.69 Å². The van der Waals surface area contributed by atoms with Crippen LogP contribution in [0.15, 0.2) is 24.3 Å². The second-order valence-electron chi connectivity index (χ2n) is 3.72. The summed E-state index contributed by atoms with van der Waals surface area (Å²) in [5.74, 6) is 0. The second kappa shape index (κ2) is 3.72. The number of benzene rings is 1. The van der Waals surface area contributed by atoms with Gasteiger partial charge in [-0.1, -0.05) is 12.1 Å². The molecule has 0 bridgehead atoms. The second-order valence-corrected chi connectivity index (χ2v) is 3.72. The minimum atomic E-state index is -1.39. The van der Waals surface area contributed by atoms with Gasteiger partial charge in [0.2, 0.25) is 0 Å². The normalized spacial score (nSPS) is 10.9. The Morgan fingerprint density at radius 2 is 2.00 bits per heavy atom. The average molecular weight is 203 g/mol. The van der Waals surface area contributed by atoms with Gasteiger partial charge in [-0.2, -0.15) is 0 Å². The largest absolute Gasteiger partial charge is 0.488 e. The molecule has 1 aromatic heterocycles. The summed E-state index contributed by atoms with van der Waals surface area (Å²) in [6.45, 7) is 5.08. The van der Waals surface area contributed by atoms with Crippen molar-refractivity contribution in [1.82, 2.24) is 4.57 Å². The molecule has 0 aliphatic heterocycles. The topological polar surface area (TPSA) is 45.4 Å². The molecule has 0 unspecified atom stereocenters. The first-order chi connectivity index (χ1) is 7.13. The van der Waals surface area contributed by atoms with Gasteiger partial charge in [0, 0.05) is 17.8 Å². The Balaban J connectivity index is 2.64. The van der Waals surface area contributed by atoms with Crippen molar-refractivity contribution in [2.75, 3.05) is 0 Å². The van der Waals surface area contributed by atoms with Crippen LogP contribution in [-0.2, 0) is 6.54 Å². The van der Waals surface area contributed by atoms with Crippen LogP contribution < -0.4 is 5.46 Å². The molecule has 2 aromatic rings. The van der Waals surface area contributed by atoms with E-state index in [1.807, 2.05) is 12.1 Å². The number of fused-ring (bicyclic) bond motifs is 1. The molecule has 15 heavy (non-hydrogen) atoms. The van der Waals surface area contributed by atoms with Gasteiger partial charge in [-0.25, -0.2) is 0 Å². The van der Waals surface area contributed by atoms with Gasteiger partial charge in [0.05, 0.1) is 0 Å². The molecular weight excluding hydrogens is 189 g/mol. The predicted octanol–water partition coefficient (Wildman–Crippen LogP) is 0.649. The molecule has 0 atom stereocenters. The third-order valence-corrected chi connectivity index (χ3v) is 2.75. The Morgan fingerprint density at radius 3 is 2.60 bits per heavy atom. The van der Waals surface area contributed by atoms with Crippen LogP contribution in [0.4, 0.5) is 0 Å². The van der Waals surface area contributed by atoms with Gasteiger partial charge >= 0.3 is 7.12 Å². The SMILES string of the molecule is CCn1c(C)cc2cc(B(O)O)ccc21. The zero-order chi connectivity index (χ0) is 11.0. The predicted molar refractivity (Wildman–Crippen MR) is 62.2 cm³/mol. The number of rotatable bonds is 2. The number of aryl methyl sites for hydroxylation is 2. The zero-order valence-corrected chi connectivity index (χ0v) is 8.94. The Morgan fingerprint density at radius 1 is 1.27 bits per heavy atom. The summed E-state index contributed by atoms with van der Waals surface area (Å²) in [5.41, 5.74) is 2.87. The van der Waals surface area contributed by atoms with Crippen LogP contribution in [0.1, 0.15) is 12.6 Å². The van der Waals surface area contributed by atoms with Gasteiger partial charge in [-0.15, -0.1) is 0 Å². The molecule has 3 nitrogen and oxygen atoms in total. The summed E-state index contributed by atoms with van der Waals surface area (Å²) in [7, 11) is -1.39. The average Bonchev–Trinajstić information content (AvgIpc) is 2.51. The van der Waals surface area contributed by atoms with Crippen molar-refractivity contribution >= 4 is 23.5 Å². The summed E-state index contributed by atoms with van der Waals surface area (Å²) >= 11 is 0. The molecule has 1 heterocycles. The summed E-state index contributed by atoms with van der Waals surface area (Å²) < 4.78 is 2.20. The Hall–Kier alpha value is -1.26. The molecule has 4 heteroatoms. The number of hydrogen-bond acceptors (Lipinski definition) is 2. The fourth-order valence-electron chi connectivity index (χ4n) is 2.01. The first kappa shape index (κ1) is 10.3. The van der Waals surface area contributed by atoms with Crippen LogP contribution in [0.25, 0.3) is 10.9 Å². The van der Waals surface area contributed by atoms with Crippen molar-refractivity contribution < 1.29 is 10.0 Å². The zero-order valence-electron chi connectivity index (χ0n) is 8.94. The Bertz CT molecular complexity index is 491. The lowest BCUT2D eigenvalue weighted by atomic mass is 9.80. The van der Waals surface area contributed by atoms with Crippen molar-refractivity contribution in [2.24, 2.45) is 0 Å². The van der Waals surface area contributed by atoms with Gasteiger partial charge in [0.25, 0.3) is 0 Å². The molecule has 0 spiro atoms. The lowest BCUT2D eigenvalue weighted by Gasteiger charge is -2.04. The summed E-state index contributed by atoms with van der Waals surface area (Å²) in [5, 5.41) is 19.2. The van der Waals surface area contributed by atoms with Crippen molar-refractivity contribution in [2.45, 2.75) is 20.4 Å². The van der Waals surface area contributed by atoms with E-state index >= 15 is 0 Å². The molecule has 0 fully saturated rings. The third-order valence-electron chi connectivity index (χ3n) is 2.75. The van der Waals surface area contributed by atoms with Crippen molar-refractivity contribution in [3.63, 3.8) is 0 Å². The third kappa shape index (κ3) is 1.66. The van der Waals surface area contributed by atoms with Crippen LogP contribution in [0, 0.1) is 6.92 Å². The van der Waals surface area contributed by atoms with Crippen LogP contribution in [0.2, 0.25) is 0 Å². The Kier molecular flexibility index (Phi) is 2.55. The van der Waals surface area contributed by atoms with Gasteiger partial charge in [0.1, 0.15) is 0 Å². The maximum atomic E-state index is 9.07. The van der Waals surface area contributed by atoms with Gasteiger partial charge < -0.3 is 14.6 Å². The molecule has 0 saturated carbocycles. The molecule has 2 N–H and O–H groups in total. The number of aromatic nitrogens is 1. The van der Waals surface area contributed by atoms with E-state index in [-0.39, 0.29) is 0 Å². The van der Waals surface area contributed by atoms with Crippen molar-refractivity contribution in [1.29, 1.82) is 0 Å². The van der Waals surface area contributed by atoms with Crippen LogP contribution in [0.5, 0.6) is 0 Å². The minimum absolute atomic E-state index is 0.538. The molecule has 78 valence electrons. The fraction of sp³-hybridized carbons (Fsp3) is 0.273. The standard InChI is InChI=1S/C11H14BNO2/c1-3-13-8(2)6-9-7-10(12(14)15)4-5-11(9)13/h4-7,14-15H,3H2,1-2H3. The van der Waals surface area contributed by atoms with Crippen LogP contribution >= 0.6 is 0 Å². The van der Waals surface area contributed by atoms with E-state index in [2.05, 4.69) is 24.5 Å². The highest BCUT2D eigenvalue weighted by Crippen LogP contribution is 2.18. The van der Waals surface area contributed by atoms with E-state index < -0.39 is 7.12 Å². The Labute approximate surface area is 89.1 Å². The van der Waals surface area contributed by atoms with E-state index in [4.69, 9.17) is 10.0 Å². The molecular formula is C11H14BNO2. The van der Waals surface area contributed by atoms with E-state index in [9.17, 15) is 0 Å². The molecule has 2 rings (SSSR count). The molecule has 1 aromatic carbocycles. The number of hydrogen-bond donors (Lipinski definition) is 2. The van der Waals surface area contributed by atoms with Crippen LogP contribution in [-0.4, -0.2) is 21.7 Å². The highest BCUT2D eigenvalue weighted by molar-refractivity contribution is 6.58. The highest BCUT2D eigenvalue weighted by Gasteiger charge is 2.12. The van der Waals surface area contributed by atoms with Gasteiger partial charge in [-0.05, 0) is 36.8 Å². The molecule has 0 aliphatic rings. The maximum absolute atomic E-state index is 9.07. The summed E-state index contributed by atoms with van der Waals surface area (Å²) in [6, 6.07) is 7.56. The maximum Gasteiger partial charge on any atom is 0.488 e. The van der Waals surface area contributed by atoms with E-state index in [0.29, 0.717) is 5.46 Å². The molecule has 0 radical (unpaired) electrons. The summed E-state index contributed by atoms with van der Waals surface area (Å²) in [6.07, 6.45) is 0. The molecule has 0 amide bonds. The smallest absolute Gasteiger partial charge is 0.423 e. The first-order valence-corrected chi connectivity index (χ1v) is 5.09. The summed E-state index contributed by atoms with van der Waals surface area (Å²) in [4.78, 5) is 0. The fourth-order valence-corrected chi connectivity index (χ4v) is 2.01. The van der Waals surface area contributed by atoms with Gasteiger partial charge in [0.15, 0.2) is 0 Å². The van der Waals surface area contributed by atoms with E-state index in [0.717, 1.165) is 17.4 Å². The molecule has 0 aliphatic carbocycles. The lowest BCUT2D eigenvalue weighted by Crippen LogP contribution is -2.29. The highest BCUT2D eigenvalue weighted by atomic mass is 16.4. The molecule has 0 saturated heterocycles. The van der Waals surface area contributed by atoms with Crippen LogP contribution in [0.3, 0.4) is 0 Å². The quantitative estimate of drug-likeness (QED) is 0.704. The van der Waals surface area contributed by atoms with E-state index in [1.54, 1.807) is 6.07 Å². The minimum Gasteiger partial charge on any atom is -0.423 e. The number of nitrogens with zero attached hydrogens (tertiary/aromatic N) is 1. The van der Waals surface area contributed by atoms with Crippen molar-refractivity contribution in [3.8, 4) is 0 Å².